The molecule has 2 rings (SSSR count). The van der Waals surface area contributed by atoms with E-state index in [1.165, 1.54) is 13.8 Å². The Bertz CT molecular complexity index is 554. The molecule has 1 aromatic carbocycles. The van der Waals surface area contributed by atoms with Gasteiger partial charge in [0.2, 0.25) is 0 Å². The molecule has 0 bridgehead atoms. The Hall–Kier alpha value is -2.20. The summed E-state index contributed by atoms with van der Waals surface area (Å²) >= 11 is 0. The van der Waals surface area contributed by atoms with Crippen LogP contribution in [0, 0.1) is 5.41 Å². The van der Waals surface area contributed by atoms with E-state index in [9.17, 15) is 15.0 Å². The van der Waals surface area contributed by atoms with Crippen LogP contribution in [0.5, 0.6) is 0 Å². The second-order valence-electron chi connectivity index (χ2n) is 5.24. The summed E-state index contributed by atoms with van der Waals surface area (Å²) in [7, 11) is 0. The predicted molar refractivity (Wildman–Crippen MR) is 75.1 cm³/mol. The summed E-state index contributed by atoms with van der Waals surface area (Å²) in [6.45, 7) is 3.03. The van der Waals surface area contributed by atoms with E-state index < -0.39 is 17.0 Å². The molecule has 0 aliphatic heterocycles. The molecule has 0 aliphatic carbocycles. The van der Waals surface area contributed by atoms with Crippen LogP contribution in [-0.4, -0.2) is 21.2 Å². The Kier molecular flexibility index (Phi) is 3.59. The van der Waals surface area contributed by atoms with Crippen molar-refractivity contribution in [3.8, 4) is 0 Å². The first-order valence-electron chi connectivity index (χ1n) is 6.32. The molecule has 1 unspecified atom stereocenters. The van der Waals surface area contributed by atoms with Gasteiger partial charge in [0, 0.05) is 12.4 Å². The lowest BCUT2D eigenvalue weighted by molar-refractivity contribution is -0.161. The molecule has 0 spiro atoms. The number of rotatable bonds is 4. The summed E-state index contributed by atoms with van der Waals surface area (Å²) in [6.07, 6.45) is 3.09. The van der Waals surface area contributed by atoms with Gasteiger partial charge in [-0.05, 0) is 37.1 Å². The monoisotopic (exact) mass is 271 g/mol. The predicted octanol–water partition coefficient (Wildman–Crippen LogP) is 2.43. The number of aromatic nitrogens is 1. The van der Waals surface area contributed by atoms with Gasteiger partial charge in [-0.1, -0.05) is 30.3 Å². The minimum absolute atomic E-state index is 0.506. The summed E-state index contributed by atoms with van der Waals surface area (Å²) in [5, 5.41) is 20.8. The number of hydrogen-bond acceptors (Lipinski definition) is 3. The van der Waals surface area contributed by atoms with E-state index >= 15 is 0 Å². The number of aliphatic hydroxyl groups is 1. The molecule has 4 nitrogen and oxygen atoms in total. The van der Waals surface area contributed by atoms with Crippen LogP contribution in [-0.2, 0) is 10.4 Å². The highest BCUT2D eigenvalue weighted by molar-refractivity contribution is 5.77. The van der Waals surface area contributed by atoms with Crippen LogP contribution in [0.15, 0.2) is 54.9 Å². The molecule has 2 aromatic rings. The van der Waals surface area contributed by atoms with Gasteiger partial charge in [0.15, 0.2) is 0 Å². The van der Waals surface area contributed by atoms with E-state index in [0.717, 1.165) is 0 Å². The Morgan fingerprint density at radius 3 is 2.00 bits per heavy atom. The van der Waals surface area contributed by atoms with E-state index in [2.05, 4.69) is 4.98 Å². The molecule has 1 aromatic heterocycles. The molecule has 0 amide bonds. The summed E-state index contributed by atoms with van der Waals surface area (Å²) in [5.41, 5.74) is -1.98. The molecular formula is C16H17NO3. The summed E-state index contributed by atoms with van der Waals surface area (Å²) in [6, 6.07) is 12.1. The van der Waals surface area contributed by atoms with E-state index in [0.29, 0.717) is 11.1 Å². The Morgan fingerprint density at radius 1 is 1.00 bits per heavy atom. The minimum atomic E-state index is -1.64. The quantitative estimate of drug-likeness (QED) is 0.896. The summed E-state index contributed by atoms with van der Waals surface area (Å²) < 4.78 is 0. The topological polar surface area (TPSA) is 70.4 Å². The largest absolute Gasteiger partial charge is 0.481 e. The fourth-order valence-electron chi connectivity index (χ4n) is 2.32. The number of carbonyl (C=O) groups is 1. The molecule has 0 radical (unpaired) electrons. The van der Waals surface area contributed by atoms with E-state index in [4.69, 9.17) is 0 Å². The van der Waals surface area contributed by atoms with Gasteiger partial charge in [-0.25, -0.2) is 0 Å². The number of carboxylic acid groups (broad SMARTS) is 1. The molecule has 0 aliphatic rings. The Labute approximate surface area is 117 Å². The number of benzene rings is 1. The minimum Gasteiger partial charge on any atom is -0.481 e. The van der Waals surface area contributed by atoms with Gasteiger partial charge in [0.25, 0.3) is 0 Å². The van der Waals surface area contributed by atoms with Crippen LogP contribution in [0.2, 0.25) is 0 Å². The van der Waals surface area contributed by atoms with Crippen LogP contribution >= 0.6 is 0 Å². The normalized spacial score (nSPS) is 14.6. The molecule has 1 atom stereocenters. The van der Waals surface area contributed by atoms with Crippen molar-refractivity contribution in [2.75, 3.05) is 0 Å². The average Bonchev–Trinajstić information content (AvgIpc) is 2.48. The molecule has 0 saturated heterocycles. The van der Waals surface area contributed by atoms with Crippen LogP contribution in [0.3, 0.4) is 0 Å². The number of carboxylic acids is 1. The lowest BCUT2D eigenvalue weighted by Gasteiger charge is -2.40. The first-order chi connectivity index (χ1) is 9.40. The van der Waals surface area contributed by atoms with Crippen LogP contribution in [0.1, 0.15) is 25.0 Å². The third kappa shape index (κ3) is 2.08. The molecule has 1 heterocycles. The first kappa shape index (κ1) is 14.2. The third-order valence-corrected chi connectivity index (χ3v) is 3.73. The standard InChI is InChI=1S/C16H17NO3/c1-15(2,14(18)19)16(20,12-6-4-3-5-7-12)13-8-10-17-11-9-13/h3-11,20H,1-2H3,(H,18,19). The maximum Gasteiger partial charge on any atom is 0.312 e. The SMILES string of the molecule is CC(C)(C(=O)O)C(O)(c1ccccc1)c1ccncc1. The number of nitrogens with zero attached hydrogens (tertiary/aromatic N) is 1. The van der Waals surface area contributed by atoms with Crippen molar-refractivity contribution in [3.63, 3.8) is 0 Å². The van der Waals surface area contributed by atoms with Crippen molar-refractivity contribution in [1.29, 1.82) is 0 Å². The van der Waals surface area contributed by atoms with Crippen molar-refractivity contribution >= 4 is 5.97 Å². The van der Waals surface area contributed by atoms with Crippen molar-refractivity contribution in [3.05, 3.63) is 66.0 Å². The van der Waals surface area contributed by atoms with Gasteiger partial charge >= 0.3 is 5.97 Å². The number of aliphatic carboxylic acids is 1. The highest BCUT2D eigenvalue weighted by Crippen LogP contribution is 2.44. The third-order valence-electron chi connectivity index (χ3n) is 3.73. The van der Waals surface area contributed by atoms with Gasteiger partial charge in [-0.15, -0.1) is 0 Å². The van der Waals surface area contributed by atoms with Crippen molar-refractivity contribution < 1.29 is 15.0 Å². The van der Waals surface area contributed by atoms with E-state index in [1.54, 1.807) is 48.8 Å². The number of hydrogen-bond donors (Lipinski definition) is 2. The molecule has 104 valence electrons. The van der Waals surface area contributed by atoms with Crippen molar-refractivity contribution in [1.82, 2.24) is 4.98 Å². The molecule has 4 heteroatoms. The Balaban J connectivity index is 2.71. The smallest absolute Gasteiger partial charge is 0.312 e. The fraction of sp³-hybridized carbons (Fsp3) is 0.250. The van der Waals surface area contributed by atoms with E-state index in [-0.39, 0.29) is 0 Å². The van der Waals surface area contributed by atoms with Crippen LogP contribution in [0.4, 0.5) is 0 Å². The van der Waals surface area contributed by atoms with Gasteiger partial charge in [0.05, 0.1) is 5.41 Å². The fourth-order valence-corrected chi connectivity index (χ4v) is 2.32. The summed E-state index contributed by atoms with van der Waals surface area (Å²) in [4.78, 5) is 15.6. The molecule has 2 N–H and O–H groups in total. The second kappa shape index (κ2) is 5.06. The lowest BCUT2D eigenvalue weighted by Crippen LogP contribution is -2.48. The zero-order valence-electron chi connectivity index (χ0n) is 11.4. The molecule has 0 saturated carbocycles. The van der Waals surface area contributed by atoms with Crippen molar-refractivity contribution in [2.24, 2.45) is 5.41 Å². The van der Waals surface area contributed by atoms with Gasteiger partial charge in [-0.2, -0.15) is 0 Å². The molecule has 20 heavy (non-hydrogen) atoms. The zero-order chi connectivity index (χ0) is 14.8. The van der Waals surface area contributed by atoms with E-state index in [1.807, 2.05) is 6.07 Å². The van der Waals surface area contributed by atoms with Gasteiger partial charge < -0.3 is 10.2 Å². The van der Waals surface area contributed by atoms with Crippen LogP contribution < -0.4 is 0 Å². The maximum absolute atomic E-state index is 11.6. The van der Waals surface area contributed by atoms with Gasteiger partial charge in [-0.3, -0.25) is 9.78 Å². The number of pyridine rings is 1. The summed E-state index contributed by atoms with van der Waals surface area (Å²) in [5.74, 6) is -1.07. The maximum atomic E-state index is 11.6. The van der Waals surface area contributed by atoms with Crippen molar-refractivity contribution in [2.45, 2.75) is 19.4 Å². The highest BCUT2D eigenvalue weighted by atomic mass is 16.4. The average molecular weight is 271 g/mol. The lowest BCUT2D eigenvalue weighted by atomic mass is 9.67. The van der Waals surface area contributed by atoms with Crippen LogP contribution in [0.25, 0.3) is 0 Å². The highest BCUT2D eigenvalue weighted by Gasteiger charge is 2.51. The molecule has 0 fully saturated rings. The van der Waals surface area contributed by atoms with Gasteiger partial charge in [0.1, 0.15) is 5.60 Å². The second-order valence-corrected chi connectivity index (χ2v) is 5.24. The zero-order valence-corrected chi connectivity index (χ0v) is 11.4. The Morgan fingerprint density at radius 2 is 1.50 bits per heavy atom. The molecular weight excluding hydrogens is 254 g/mol. The first-order valence-corrected chi connectivity index (χ1v) is 6.32.